The van der Waals surface area contributed by atoms with Crippen molar-refractivity contribution in [1.82, 2.24) is 0 Å². The summed E-state index contributed by atoms with van der Waals surface area (Å²) in [6.07, 6.45) is 1.17. The van der Waals surface area contributed by atoms with Crippen molar-refractivity contribution >= 4 is 21.5 Å². The van der Waals surface area contributed by atoms with Crippen LogP contribution < -0.4 is 4.31 Å². The highest BCUT2D eigenvalue weighted by Crippen LogP contribution is 2.61. The van der Waals surface area contributed by atoms with Crippen molar-refractivity contribution in [1.29, 1.82) is 0 Å². The normalized spacial score (nSPS) is 30.2. The van der Waals surface area contributed by atoms with Gasteiger partial charge >= 0.3 is 0 Å². The number of sulfonamides is 1. The van der Waals surface area contributed by atoms with Crippen molar-refractivity contribution < 1.29 is 18.1 Å². The molecule has 0 spiro atoms. The molecule has 0 saturated heterocycles. The van der Waals surface area contributed by atoms with Crippen LogP contribution in [0.1, 0.15) is 30.4 Å². The number of para-hydroxylation sites is 1. The van der Waals surface area contributed by atoms with Crippen LogP contribution >= 0.6 is 0 Å². The Hall–Kier alpha value is -2.74. The van der Waals surface area contributed by atoms with E-state index in [2.05, 4.69) is 0 Å². The maximum atomic E-state index is 13.7. The first kappa shape index (κ1) is 18.3. The summed E-state index contributed by atoms with van der Waals surface area (Å²) in [4.78, 5) is 25.0. The van der Waals surface area contributed by atoms with Crippen molar-refractivity contribution in [2.24, 2.45) is 11.8 Å². The van der Waals surface area contributed by atoms with Crippen LogP contribution in [0.2, 0.25) is 0 Å². The summed E-state index contributed by atoms with van der Waals surface area (Å²) in [5.74, 6) is -1.24. The molecule has 2 aromatic carbocycles. The number of anilines is 1. The first-order chi connectivity index (χ1) is 13.8. The monoisotopic (exact) mass is 412 g/mol. The van der Waals surface area contributed by atoms with Gasteiger partial charge in [-0.05, 0) is 44.0 Å². The van der Waals surface area contributed by atoms with E-state index in [0.717, 1.165) is 5.56 Å². The molecule has 3 fully saturated rings. The molecule has 0 amide bonds. The number of nitro groups is 1. The zero-order valence-corrected chi connectivity index (χ0v) is 16.6. The number of aryl methyl sites for hydroxylation is 1. The topological polar surface area (TPSA) is 97.6 Å². The minimum absolute atomic E-state index is 0.0689. The Morgan fingerprint density at radius 3 is 2.45 bits per heavy atom. The predicted octanol–water partition coefficient (Wildman–Crippen LogP) is 3.04. The summed E-state index contributed by atoms with van der Waals surface area (Å²) >= 11 is 0. The molecule has 29 heavy (non-hydrogen) atoms. The van der Waals surface area contributed by atoms with Gasteiger partial charge in [-0.2, -0.15) is 0 Å². The Labute approximate surface area is 168 Å². The standard InChI is InChI=1S/C21H20N2O5S/c1-13-6-9-15(10-7-13)29(27,28)22-18-5-3-2-4-17(18)21(23(25)26)14-8-11-16(20(21)22)19(24)12-14/h2-7,9-10,14,16,20H,8,11-12H2,1H3/t14-,16+,20+,21-/m0/s1. The van der Waals surface area contributed by atoms with Gasteiger partial charge in [0.05, 0.1) is 16.1 Å². The fourth-order valence-electron chi connectivity index (χ4n) is 5.63. The maximum Gasteiger partial charge on any atom is 0.274 e. The van der Waals surface area contributed by atoms with Crippen molar-refractivity contribution in [3.05, 3.63) is 69.8 Å². The number of rotatable bonds is 3. The highest BCUT2D eigenvalue weighted by Gasteiger charge is 2.74. The molecule has 150 valence electrons. The number of nitrogens with zero attached hydrogens (tertiary/aromatic N) is 2. The minimum Gasteiger partial charge on any atom is -0.299 e. The molecule has 2 bridgehead atoms. The number of hydrogen-bond donors (Lipinski definition) is 0. The lowest BCUT2D eigenvalue weighted by molar-refractivity contribution is -0.598. The van der Waals surface area contributed by atoms with Crippen LogP contribution in [0.4, 0.5) is 5.69 Å². The molecule has 7 nitrogen and oxygen atoms in total. The zero-order valence-electron chi connectivity index (χ0n) is 15.8. The third kappa shape index (κ3) is 2.18. The second kappa shape index (κ2) is 5.89. The van der Waals surface area contributed by atoms with E-state index in [0.29, 0.717) is 24.1 Å². The first-order valence-corrected chi connectivity index (χ1v) is 11.1. The third-order valence-corrected chi connectivity index (χ3v) is 8.66. The molecular formula is C21H20N2O5S. The molecule has 4 atom stereocenters. The molecule has 6 rings (SSSR count). The summed E-state index contributed by atoms with van der Waals surface area (Å²) in [6.45, 7) is 1.86. The van der Waals surface area contributed by atoms with Gasteiger partial charge in [-0.3, -0.25) is 19.2 Å². The van der Waals surface area contributed by atoms with Crippen LogP contribution in [-0.4, -0.2) is 25.2 Å². The Bertz CT molecular complexity index is 1140. The average Bonchev–Trinajstić information content (AvgIpc) is 3.03. The summed E-state index contributed by atoms with van der Waals surface area (Å²) in [5, 5.41) is 12.5. The Morgan fingerprint density at radius 2 is 1.79 bits per heavy atom. The summed E-state index contributed by atoms with van der Waals surface area (Å²) in [5.41, 5.74) is 0.0668. The van der Waals surface area contributed by atoms with Gasteiger partial charge in [0.2, 0.25) is 0 Å². The van der Waals surface area contributed by atoms with Crippen molar-refractivity contribution in [3.8, 4) is 0 Å². The van der Waals surface area contributed by atoms with E-state index < -0.39 is 33.4 Å². The molecule has 8 heteroatoms. The number of hydrogen-bond acceptors (Lipinski definition) is 5. The number of fused-ring (bicyclic) bond motifs is 3. The third-order valence-electron chi connectivity index (χ3n) is 6.85. The zero-order chi connectivity index (χ0) is 20.6. The van der Waals surface area contributed by atoms with E-state index in [1.54, 1.807) is 36.4 Å². The number of carbonyl (C=O) groups is 1. The van der Waals surface area contributed by atoms with Gasteiger partial charge < -0.3 is 0 Å². The van der Waals surface area contributed by atoms with Crippen molar-refractivity contribution in [3.63, 3.8) is 0 Å². The molecule has 0 N–H and O–H groups in total. The number of Topliss-reactive ketones (excluding diaryl/α,β-unsaturated/α-hetero) is 1. The van der Waals surface area contributed by atoms with Crippen LogP contribution in [0, 0.1) is 28.9 Å². The lowest BCUT2D eigenvalue weighted by Gasteiger charge is -2.48. The lowest BCUT2D eigenvalue weighted by Crippen LogP contribution is -2.66. The second-order valence-corrected chi connectivity index (χ2v) is 10.0. The van der Waals surface area contributed by atoms with Crippen LogP contribution in [0.3, 0.4) is 0 Å². The van der Waals surface area contributed by atoms with E-state index in [9.17, 15) is 23.3 Å². The van der Waals surface area contributed by atoms with Crippen LogP contribution in [0.5, 0.6) is 0 Å². The summed E-state index contributed by atoms with van der Waals surface area (Å²) < 4.78 is 28.6. The summed E-state index contributed by atoms with van der Waals surface area (Å²) in [7, 11) is -4.08. The van der Waals surface area contributed by atoms with Gasteiger partial charge in [0, 0.05) is 23.2 Å². The van der Waals surface area contributed by atoms with E-state index in [4.69, 9.17) is 0 Å². The highest BCUT2D eigenvalue weighted by atomic mass is 32.2. The smallest absolute Gasteiger partial charge is 0.274 e. The van der Waals surface area contributed by atoms with E-state index in [-0.39, 0.29) is 22.0 Å². The molecule has 1 heterocycles. The fourth-order valence-corrected chi connectivity index (χ4v) is 7.36. The molecule has 0 aromatic heterocycles. The molecular weight excluding hydrogens is 392 g/mol. The number of benzene rings is 2. The van der Waals surface area contributed by atoms with Crippen molar-refractivity contribution in [2.75, 3.05) is 4.31 Å². The molecule has 2 aromatic rings. The molecule has 4 aliphatic rings. The van der Waals surface area contributed by atoms with Crippen LogP contribution in [0.15, 0.2) is 53.4 Å². The Kier molecular flexibility index (Phi) is 3.71. The van der Waals surface area contributed by atoms with Crippen LogP contribution in [0.25, 0.3) is 0 Å². The highest BCUT2D eigenvalue weighted by molar-refractivity contribution is 7.92. The summed E-state index contributed by atoms with van der Waals surface area (Å²) in [6, 6.07) is 12.1. The Balaban J connectivity index is 1.80. The van der Waals surface area contributed by atoms with E-state index in [1.165, 1.54) is 16.4 Å². The number of ketones is 1. The largest absolute Gasteiger partial charge is 0.299 e. The average molecular weight is 412 g/mol. The number of carbonyl (C=O) groups excluding carboxylic acids is 1. The quantitative estimate of drug-likeness (QED) is 0.570. The van der Waals surface area contributed by atoms with Gasteiger partial charge in [0.15, 0.2) is 0 Å². The second-order valence-electron chi connectivity index (χ2n) is 8.21. The SMILES string of the molecule is Cc1ccc(S(=O)(=O)N2c3ccccc3[C@@]3([N+](=O)[O-])[C@H]4CC[C@H](C(=O)C4)[C@@H]23)cc1. The Morgan fingerprint density at radius 1 is 1.10 bits per heavy atom. The van der Waals surface area contributed by atoms with Gasteiger partial charge in [-0.15, -0.1) is 0 Å². The molecule has 0 unspecified atom stereocenters. The van der Waals surface area contributed by atoms with Gasteiger partial charge in [-0.1, -0.05) is 29.8 Å². The van der Waals surface area contributed by atoms with E-state index >= 15 is 0 Å². The predicted molar refractivity (Wildman–Crippen MR) is 106 cm³/mol. The van der Waals surface area contributed by atoms with E-state index in [1.807, 2.05) is 6.92 Å². The van der Waals surface area contributed by atoms with Gasteiger partial charge in [0.1, 0.15) is 11.8 Å². The van der Waals surface area contributed by atoms with Gasteiger partial charge in [0.25, 0.3) is 15.6 Å². The fraction of sp³-hybridized carbons (Fsp3) is 0.381. The van der Waals surface area contributed by atoms with Gasteiger partial charge in [-0.25, -0.2) is 8.42 Å². The first-order valence-electron chi connectivity index (χ1n) is 9.67. The van der Waals surface area contributed by atoms with Crippen molar-refractivity contribution in [2.45, 2.75) is 42.7 Å². The van der Waals surface area contributed by atoms with Crippen LogP contribution in [-0.2, 0) is 20.4 Å². The molecule has 3 saturated carbocycles. The molecule has 3 aliphatic carbocycles. The minimum atomic E-state index is -4.08. The molecule has 0 radical (unpaired) electrons. The maximum absolute atomic E-state index is 13.7. The molecule has 1 aliphatic heterocycles. The lowest BCUT2D eigenvalue weighted by atomic mass is 9.56.